The monoisotopic (exact) mass is 390 g/mol. The third-order valence-corrected chi connectivity index (χ3v) is 4.01. The molecule has 0 spiro atoms. The van der Waals surface area contributed by atoms with Gasteiger partial charge in [-0.1, -0.05) is 15.9 Å². The van der Waals surface area contributed by atoms with E-state index in [1.807, 2.05) is 0 Å². The zero-order valence-electron chi connectivity index (χ0n) is 13.5. The van der Waals surface area contributed by atoms with Gasteiger partial charge >= 0.3 is 11.9 Å². The summed E-state index contributed by atoms with van der Waals surface area (Å²) in [6.45, 7) is 1.21. The normalized spacial score (nSPS) is 12.8. The lowest BCUT2D eigenvalue weighted by Gasteiger charge is -2.22. The lowest BCUT2D eigenvalue weighted by atomic mass is 10.1. The highest BCUT2D eigenvalue weighted by molar-refractivity contribution is 9.09. The fraction of sp³-hybridized carbons (Fsp3) is 0.467. The van der Waals surface area contributed by atoms with Gasteiger partial charge in [0.15, 0.2) is 11.5 Å². The SMILES string of the molecule is COC(=O)[C@H](OC(C)=O)[C@H](Br)c1cc(OC)c(OC)c(OC)c1. The van der Waals surface area contributed by atoms with Crippen molar-refractivity contribution in [2.75, 3.05) is 28.4 Å². The minimum absolute atomic E-state index is 0.415. The molecular formula is C15H19BrO7. The quantitative estimate of drug-likeness (QED) is 0.521. The van der Waals surface area contributed by atoms with Gasteiger partial charge in [-0.15, -0.1) is 0 Å². The van der Waals surface area contributed by atoms with Crippen LogP contribution in [0.2, 0.25) is 0 Å². The molecule has 1 aromatic rings. The lowest BCUT2D eigenvalue weighted by Crippen LogP contribution is -2.31. The molecule has 1 aromatic carbocycles. The lowest BCUT2D eigenvalue weighted by molar-refractivity contribution is -0.164. The summed E-state index contributed by atoms with van der Waals surface area (Å²) in [5.74, 6) is -0.0378. The van der Waals surface area contributed by atoms with E-state index in [2.05, 4.69) is 20.7 Å². The summed E-state index contributed by atoms with van der Waals surface area (Å²) in [5.41, 5.74) is 0.594. The van der Waals surface area contributed by atoms with Crippen molar-refractivity contribution in [3.05, 3.63) is 17.7 Å². The second kappa shape index (κ2) is 8.61. The Hall–Kier alpha value is -1.96. The molecule has 0 aliphatic carbocycles. The van der Waals surface area contributed by atoms with E-state index in [9.17, 15) is 9.59 Å². The second-order valence-corrected chi connectivity index (χ2v) is 5.40. The molecule has 7 nitrogen and oxygen atoms in total. The summed E-state index contributed by atoms with van der Waals surface area (Å²) in [7, 11) is 5.66. The van der Waals surface area contributed by atoms with Gasteiger partial charge in [0.1, 0.15) is 0 Å². The molecule has 0 fully saturated rings. The van der Waals surface area contributed by atoms with Crippen molar-refractivity contribution in [2.24, 2.45) is 0 Å². The van der Waals surface area contributed by atoms with Gasteiger partial charge in [-0.05, 0) is 17.7 Å². The zero-order chi connectivity index (χ0) is 17.6. The van der Waals surface area contributed by atoms with Crippen molar-refractivity contribution in [1.29, 1.82) is 0 Å². The Balaban J connectivity index is 3.30. The van der Waals surface area contributed by atoms with E-state index in [4.69, 9.17) is 18.9 Å². The first-order valence-electron chi connectivity index (χ1n) is 6.58. The third kappa shape index (κ3) is 4.51. The van der Waals surface area contributed by atoms with Crippen LogP contribution in [0.4, 0.5) is 0 Å². The molecule has 0 N–H and O–H groups in total. The van der Waals surface area contributed by atoms with Gasteiger partial charge in [-0.3, -0.25) is 4.79 Å². The fourth-order valence-corrected chi connectivity index (χ4v) is 2.55. The maximum Gasteiger partial charge on any atom is 0.348 e. The Morgan fingerprint density at radius 2 is 1.52 bits per heavy atom. The molecular weight excluding hydrogens is 372 g/mol. The molecule has 2 atom stereocenters. The highest BCUT2D eigenvalue weighted by Crippen LogP contribution is 2.42. The maximum absolute atomic E-state index is 11.9. The number of carbonyl (C=O) groups is 2. The molecule has 1 rings (SSSR count). The number of alkyl halides is 1. The molecule has 0 saturated carbocycles. The largest absolute Gasteiger partial charge is 0.493 e. The van der Waals surface area contributed by atoms with E-state index in [1.54, 1.807) is 12.1 Å². The van der Waals surface area contributed by atoms with Crippen LogP contribution < -0.4 is 14.2 Å². The predicted molar refractivity (Wildman–Crippen MR) is 85.3 cm³/mol. The highest BCUT2D eigenvalue weighted by atomic mass is 79.9. The standard InChI is InChI=1S/C15H19BrO7/c1-8(17)23-14(15(18)22-5)12(16)9-6-10(19-2)13(21-4)11(7-9)20-3/h6-7,12,14H,1-5H3/t12-,14-/m1/s1. The van der Waals surface area contributed by atoms with Crippen LogP contribution >= 0.6 is 15.9 Å². The Morgan fingerprint density at radius 3 is 1.87 bits per heavy atom. The van der Waals surface area contributed by atoms with Crippen LogP contribution in [0.1, 0.15) is 17.3 Å². The van der Waals surface area contributed by atoms with Crippen LogP contribution in [0.3, 0.4) is 0 Å². The van der Waals surface area contributed by atoms with E-state index in [0.717, 1.165) is 0 Å². The molecule has 0 radical (unpaired) electrons. The number of ether oxygens (including phenoxy) is 5. The van der Waals surface area contributed by atoms with Crippen LogP contribution in [-0.2, 0) is 19.1 Å². The Kier molecular flexibility index (Phi) is 7.15. The molecule has 0 aromatic heterocycles. The molecule has 23 heavy (non-hydrogen) atoms. The average molecular weight is 391 g/mol. The Bertz CT molecular complexity index is 548. The number of rotatable bonds is 7. The third-order valence-electron chi connectivity index (χ3n) is 3.00. The number of methoxy groups -OCH3 is 4. The molecule has 0 bridgehead atoms. The van der Waals surface area contributed by atoms with Gasteiger partial charge in [-0.2, -0.15) is 0 Å². The Morgan fingerprint density at radius 1 is 1.00 bits per heavy atom. The van der Waals surface area contributed by atoms with Crippen molar-refractivity contribution in [3.63, 3.8) is 0 Å². The Labute approximate surface area is 142 Å². The van der Waals surface area contributed by atoms with Crippen molar-refractivity contribution in [3.8, 4) is 17.2 Å². The van der Waals surface area contributed by atoms with Gasteiger partial charge in [0.05, 0.1) is 33.3 Å². The van der Waals surface area contributed by atoms with Crippen molar-refractivity contribution < 1.29 is 33.3 Å². The number of benzene rings is 1. The summed E-state index contributed by atoms with van der Waals surface area (Å²) in [6.07, 6.45) is -1.15. The van der Waals surface area contributed by atoms with Crippen LogP contribution in [0.15, 0.2) is 12.1 Å². The van der Waals surface area contributed by atoms with Gasteiger partial charge in [-0.25, -0.2) is 4.79 Å². The van der Waals surface area contributed by atoms with Crippen molar-refractivity contribution in [1.82, 2.24) is 0 Å². The van der Waals surface area contributed by atoms with Crippen molar-refractivity contribution >= 4 is 27.9 Å². The second-order valence-electron chi connectivity index (χ2n) is 4.41. The first-order valence-corrected chi connectivity index (χ1v) is 7.50. The smallest absolute Gasteiger partial charge is 0.348 e. The molecule has 0 aliphatic rings. The molecule has 0 unspecified atom stereocenters. The first kappa shape index (κ1) is 19.1. The topological polar surface area (TPSA) is 80.3 Å². The minimum atomic E-state index is -1.15. The average Bonchev–Trinajstić information content (AvgIpc) is 2.56. The number of carbonyl (C=O) groups excluding carboxylic acids is 2. The first-order chi connectivity index (χ1) is 10.9. The highest BCUT2D eigenvalue weighted by Gasteiger charge is 2.33. The van der Waals surface area contributed by atoms with Crippen LogP contribution in [0.25, 0.3) is 0 Å². The molecule has 0 aliphatic heterocycles. The van der Waals surface area contributed by atoms with Crippen LogP contribution in [0.5, 0.6) is 17.2 Å². The number of hydrogen-bond donors (Lipinski definition) is 0. The van der Waals surface area contributed by atoms with E-state index < -0.39 is 22.9 Å². The van der Waals surface area contributed by atoms with Crippen LogP contribution in [-0.4, -0.2) is 46.5 Å². The zero-order valence-corrected chi connectivity index (χ0v) is 15.1. The fourth-order valence-electron chi connectivity index (χ4n) is 1.96. The van der Waals surface area contributed by atoms with Gasteiger partial charge in [0, 0.05) is 6.92 Å². The van der Waals surface area contributed by atoms with Gasteiger partial charge in [0.2, 0.25) is 11.9 Å². The number of hydrogen-bond acceptors (Lipinski definition) is 7. The number of esters is 2. The summed E-state index contributed by atoms with van der Waals surface area (Å²) in [5, 5.41) is 0. The van der Waals surface area contributed by atoms with E-state index >= 15 is 0 Å². The van der Waals surface area contributed by atoms with E-state index in [0.29, 0.717) is 22.8 Å². The molecule has 0 amide bonds. The maximum atomic E-state index is 11.9. The molecule has 128 valence electrons. The van der Waals surface area contributed by atoms with Gasteiger partial charge in [0.25, 0.3) is 0 Å². The summed E-state index contributed by atoms with van der Waals surface area (Å²) < 4.78 is 25.5. The van der Waals surface area contributed by atoms with E-state index in [1.165, 1.54) is 35.4 Å². The molecule has 8 heteroatoms. The van der Waals surface area contributed by atoms with E-state index in [-0.39, 0.29) is 0 Å². The van der Waals surface area contributed by atoms with Crippen molar-refractivity contribution in [2.45, 2.75) is 17.9 Å². The molecule has 0 heterocycles. The van der Waals surface area contributed by atoms with Crippen LogP contribution in [0, 0.1) is 0 Å². The minimum Gasteiger partial charge on any atom is -0.493 e. The summed E-state index contributed by atoms with van der Waals surface area (Å²) >= 11 is 3.37. The number of halogens is 1. The predicted octanol–water partition coefficient (Wildman–Crippen LogP) is 2.25. The summed E-state index contributed by atoms with van der Waals surface area (Å²) in [4.78, 5) is 22.5. The summed E-state index contributed by atoms with van der Waals surface area (Å²) in [6, 6.07) is 3.31. The molecule has 0 saturated heterocycles. The van der Waals surface area contributed by atoms with Gasteiger partial charge < -0.3 is 23.7 Å².